The Hall–Kier alpha value is -1.97. The zero-order valence-corrected chi connectivity index (χ0v) is 10.9. The van der Waals surface area contributed by atoms with E-state index in [0.717, 1.165) is 0 Å². The Morgan fingerprint density at radius 3 is 2.56 bits per heavy atom. The molecule has 2 rings (SSSR count). The van der Waals surface area contributed by atoms with Crippen molar-refractivity contribution in [3.63, 3.8) is 0 Å². The molecule has 0 atom stereocenters. The van der Waals surface area contributed by atoms with Crippen LogP contribution in [0.3, 0.4) is 0 Å². The molecule has 4 nitrogen and oxygen atoms in total. The minimum Gasteiger partial charge on any atom is -0.496 e. The molecule has 0 aliphatic rings. The Bertz CT molecular complexity index is 625. The lowest BCUT2D eigenvalue weighted by molar-refractivity contribution is 0.241. The van der Waals surface area contributed by atoms with Crippen LogP contribution in [0, 0.1) is 6.92 Å². The minimum atomic E-state index is -0.110. The molecule has 0 unspecified atom stereocenters. The van der Waals surface area contributed by atoms with Crippen molar-refractivity contribution in [2.24, 2.45) is 0 Å². The Labute approximate surface area is 105 Å². The zero-order chi connectivity index (χ0) is 13.3. The third-order valence-corrected chi connectivity index (χ3v) is 2.48. The van der Waals surface area contributed by atoms with Crippen LogP contribution in [0.1, 0.15) is 19.6 Å². The molecule has 0 aliphatic heterocycles. The van der Waals surface area contributed by atoms with Gasteiger partial charge in [-0.2, -0.15) is 0 Å². The van der Waals surface area contributed by atoms with E-state index in [4.69, 9.17) is 13.9 Å². The summed E-state index contributed by atoms with van der Waals surface area (Å²) >= 11 is 0. The van der Waals surface area contributed by atoms with Gasteiger partial charge in [0.25, 0.3) is 0 Å². The quantitative estimate of drug-likeness (QED) is 0.838. The topological polar surface area (TPSA) is 48.7 Å². The summed E-state index contributed by atoms with van der Waals surface area (Å²) in [6, 6.07) is 4.87. The van der Waals surface area contributed by atoms with Crippen LogP contribution in [0.4, 0.5) is 0 Å². The van der Waals surface area contributed by atoms with E-state index in [0.29, 0.717) is 28.2 Å². The molecule has 96 valence electrons. The molecule has 0 amide bonds. The van der Waals surface area contributed by atoms with Crippen molar-refractivity contribution in [1.29, 1.82) is 0 Å². The van der Waals surface area contributed by atoms with E-state index in [1.165, 1.54) is 13.2 Å². The first-order valence-corrected chi connectivity index (χ1v) is 5.80. The van der Waals surface area contributed by atoms with Gasteiger partial charge in [0.1, 0.15) is 28.2 Å². The zero-order valence-electron chi connectivity index (χ0n) is 10.9. The largest absolute Gasteiger partial charge is 0.496 e. The summed E-state index contributed by atoms with van der Waals surface area (Å²) in [5.74, 6) is 1.66. The maximum absolute atomic E-state index is 11.9. The molecular formula is C14H16O4. The summed E-state index contributed by atoms with van der Waals surface area (Å²) in [6.45, 7) is 5.61. The molecule has 0 radical (unpaired) electrons. The Morgan fingerprint density at radius 2 is 1.94 bits per heavy atom. The molecule has 0 spiro atoms. The Balaban J connectivity index is 2.71. The highest BCUT2D eigenvalue weighted by atomic mass is 16.5. The second kappa shape index (κ2) is 4.72. The van der Waals surface area contributed by atoms with E-state index in [-0.39, 0.29) is 11.5 Å². The highest BCUT2D eigenvalue weighted by molar-refractivity contribution is 5.85. The van der Waals surface area contributed by atoms with Crippen LogP contribution in [-0.2, 0) is 0 Å². The van der Waals surface area contributed by atoms with Gasteiger partial charge in [0.15, 0.2) is 5.43 Å². The summed E-state index contributed by atoms with van der Waals surface area (Å²) in [6.07, 6.45) is 0.0451. The van der Waals surface area contributed by atoms with Gasteiger partial charge in [-0.15, -0.1) is 0 Å². The average Bonchev–Trinajstić information content (AvgIpc) is 2.25. The summed E-state index contributed by atoms with van der Waals surface area (Å²) in [5.41, 5.74) is 0.372. The van der Waals surface area contributed by atoms with Crippen molar-refractivity contribution in [1.82, 2.24) is 0 Å². The van der Waals surface area contributed by atoms with Gasteiger partial charge in [0.2, 0.25) is 0 Å². The van der Waals surface area contributed by atoms with Crippen LogP contribution in [0.15, 0.2) is 27.4 Å². The number of hydrogen-bond acceptors (Lipinski definition) is 4. The predicted molar refractivity (Wildman–Crippen MR) is 69.5 cm³/mol. The normalized spacial score (nSPS) is 10.9. The lowest BCUT2D eigenvalue weighted by atomic mass is 10.2. The number of aryl methyl sites for hydroxylation is 1. The highest BCUT2D eigenvalue weighted by Gasteiger charge is 2.12. The molecule has 0 N–H and O–H groups in total. The number of rotatable bonds is 3. The van der Waals surface area contributed by atoms with Gasteiger partial charge in [-0.3, -0.25) is 4.79 Å². The van der Waals surface area contributed by atoms with E-state index >= 15 is 0 Å². The fourth-order valence-corrected chi connectivity index (χ4v) is 1.85. The third kappa shape index (κ3) is 2.32. The average molecular weight is 248 g/mol. The predicted octanol–water partition coefficient (Wildman–Crippen LogP) is 2.90. The smallest absolute Gasteiger partial charge is 0.196 e. The van der Waals surface area contributed by atoms with Gasteiger partial charge in [0, 0.05) is 18.2 Å². The second-order valence-electron chi connectivity index (χ2n) is 4.39. The van der Waals surface area contributed by atoms with Crippen LogP contribution in [-0.4, -0.2) is 13.2 Å². The first-order valence-electron chi connectivity index (χ1n) is 5.80. The first-order chi connectivity index (χ1) is 8.51. The van der Waals surface area contributed by atoms with Gasteiger partial charge in [-0.1, -0.05) is 0 Å². The number of methoxy groups -OCH3 is 1. The molecule has 0 saturated carbocycles. The van der Waals surface area contributed by atoms with Gasteiger partial charge in [-0.25, -0.2) is 0 Å². The summed E-state index contributed by atoms with van der Waals surface area (Å²) in [7, 11) is 1.52. The number of hydrogen-bond donors (Lipinski definition) is 0. The SMILES string of the molecule is COc1cc(OC(C)C)cc2oc(C)cc(=O)c12. The summed E-state index contributed by atoms with van der Waals surface area (Å²) in [5, 5.41) is 0.444. The maximum atomic E-state index is 11.9. The van der Waals surface area contributed by atoms with Gasteiger partial charge in [0.05, 0.1) is 13.2 Å². The molecule has 0 saturated heterocycles. The van der Waals surface area contributed by atoms with Crippen molar-refractivity contribution in [3.05, 3.63) is 34.2 Å². The van der Waals surface area contributed by atoms with Crippen molar-refractivity contribution < 1.29 is 13.9 Å². The Kier molecular flexibility index (Phi) is 3.28. The van der Waals surface area contributed by atoms with Crippen LogP contribution in [0.5, 0.6) is 11.5 Å². The van der Waals surface area contributed by atoms with Crippen molar-refractivity contribution in [2.45, 2.75) is 26.9 Å². The molecule has 0 bridgehead atoms. The van der Waals surface area contributed by atoms with E-state index < -0.39 is 0 Å². The van der Waals surface area contributed by atoms with Crippen LogP contribution in [0.25, 0.3) is 11.0 Å². The molecule has 1 aromatic heterocycles. The minimum absolute atomic E-state index is 0.0451. The molecule has 4 heteroatoms. The lowest BCUT2D eigenvalue weighted by Gasteiger charge is -2.12. The highest BCUT2D eigenvalue weighted by Crippen LogP contribution is 2.29. The second-order valence-corrected chi connectivity index (χ2v) is 4.39. The molecule has 18 heavy (non-hydrogen) atoms. The van der Waals surface area contributed by atoms with Gasteiger partial charge >= 0.3 is 0 Å². The first kappa shape index (κ1) is 12.5. The van der Waals surface area contributed by atoms with Crippen molar-refractivity contribution in [2.75, 3.05) is 7.11 Å². The fraction of sp³-hybridized carbons (Fsp3) is 0.357. The van der Waals surface area contributed by atoms with Crippen LogP contribution >= 0.6 is 0 Å². The van der Waals surface area contributed by atoms with Gasteiger partial charge < -0.3 is 13.9 Å². The van der Waals surface area contributed by atoms with E-state index in [9.17, 15) is 4.79 Å². The molecule has 1 heterocycles. The number of benzene rings is 1. The summed E-state index contributed by atoms with van der Waals surface area (Å²) < 4.78 is 16.4. The number of fused-ring (bicyclic) bond motifs is 1. The number of ether oxygens (including phenoxy) is 2. The Morgan fingerprint density at radius 1 is 1.22 bits per heavy atom. The molecular weight excluding hydrogens is 232 g/mol. The van der Waals surface area contributed by atoms with E-state index in [2.05, 4.69) is 0 Å². The monoisotopic (exact) mass is 248 g/mol. The fourth-order valence-electron chi connectivity index (χ4n) is 1.85. The standard InChI is InChI=1S/C14H16O4/c1-8(2)17-10-6-12(16-4)14-11(15)5-9(3)18-13(14)7-10/h5-8H,1-4H3. The van der Waals surface area contributed by atoms with Crippen molar-refractivity contribution >= 4 is 11.0 Å². The van der Waals surface area contributed by atoms with Gasteiger partial charge in [-0.05, 0) is 20.8 Å². The summed E-state index contributed by atoms with van der Waals surface area (Å²) in [4.78, 5) is 11.9. The van der Waals surface area contributed by atoms with E-state index in [1.54, 1.807) is 19.1 Å². The maximum Gasteiger partial charge on any atom is 0.196 e. The third-order valence-electron chi connectivity index (χ3n) is 2.48. The van der Waals surface area contributed by atoms with Crippen LogP contribution < -0.4 is 14.9 Å². The molecule has 1 aromatic carbocycles. The van der Waals surface area contributed by atoms with E-state index in [1.807, 2.05) is 13.8 Å². The molecule has 2 aromatic rings. The van der Waals surface area contributed by atoms with Crippen LogP contribution in [0.2, 0.25) is 0 Å². The van der Waals surface area contributed by atoms with Crippen molar-refractivity contribution in [3.8, 4) is 11.5 Å². The lowest BCUT2D eigenvalue weighted by Crippen LogP contribution is -2.07. The molecule has 0 fully saturated rings. The molecule has 0 aliphatic carbocycles.